The van der Waals surface area contributed by atoms with Gasteiger partial charge in [-0.1, -0.05) is 13.8 Å². The molecule has 0 bridgehead atoms. The Morgan fingerprint density at radius 2 is 2.00 bits per heavy atom. The van der Waals surface area contributed by atoms with Crippen LogP contribution in [0, 0.1) is 0 Å². The fraction of sp³-hybridized carbons (Fsp3) is 0.889. The van der Waals surface area contributed by atoms with Crippen LogP contribution in [0.2, 0.25) is 0 Å². The van der Waals surface area contributed by atoms with E-state index in [4.69, 9.17) is 0 Å². The SMILES string of the molecule is CC(C)NCCC(=O)NS(=O)(=O)C1CC1. The molecule has 6 heteroatoms. The standard InChI is InChI=1S/C9H18N2O3S/c1-7(2)10-6-5-9(12)11-15(13,14)8-3-4-8/h7-8,10H,3-6H2,1-2H3,(H,11,12). The van der Waals surface area contributed by atoms with Gasteiger partial charge in [-0.2, -0.15) is 0 Å². The molecule has 0 aromatic carbocycles. The van der Waals surface area contributed by atoms with Crippen molar-refractivity contribution in [2.24, 2.45) is 0 Å². The molecular formula is C9H18N2O3S. The molecule has 0 aromatic heterocycles. The van der Waals surface area contributed by atoms with Crippen LogP contribution < -0.4 is 10.0 Å². The van der Waals surface area contributed by atoms with Gasteiger partial charge in [0.1, 0.15) is 0 Å². The second-order valence-corrected chi connectivity index (χ2v) is 6.09. The first-order valence-electron chi connectivity index (χ1n) is 5.19. The number of hydrogen-bond donors (Lipinski definition) is 2. The van der Waals surface area contributed by atoms with E-state index in [-0.39, 0.29) is 11.7 Å². The van der Waals surface area contributed by atoms with E-state index in [9.17, 15) is 13.2 Å². The van der Waals surface area contributed by atoms with Gasteiger partial charge in [-0.3, -0.25) is 9.52 Å². The minimum absolute atomic E-state index is 0.199. The van der Waals surface area contributed by atoms with Crippen molar-refractivity contribution in [3.8, 4) is 0 Å². The average molecular weight is 234 g/mol. The molecule has 0 aromatic rings. The molecule has 0 radical (unpaired) electrons. The topological polar surface area (TPSA) is 75.3 Å². The van der Waals surface area contributed by atoms with Crippen LogP contribution >= 0.6 is 0 Å². The maximum atomic E-state index is 11.3. The van der Waals surface area contributed by atoms with Crippen LogP contribution in [0.3, 0.4) is 0 Å². The molecule has 0 atom stereocenters. The van der Waals surface area contributed by atoms with E-state index in [0.717, 1.165) is 0 Å². The maximum Gasteiger partial charge on any atom is 0.237 e. The van der Waals surface area contributed by atoms with Gasteiger partial charge in [0.2, 0.25) is 15.9 Å². The summed E-state index contributed by atoms with van der Waals surface area (Å²) < 4.78 is 24.8. The van der Waals surface area contributed by atoms with Gasteiger partial charge in [0.25, 0.3) is 0 Å². The zero-order valence-electron chi connectivity index (χ0n) is 9.12. The average Bonchev–Trinajstić information content (AvgIpc) is 2.83. The summed E-state index contributed by atoms with van der Waals surface area (Å²) >= 11 is 0. The lowest BCUT2D eigenvalue weighted by atomic mass is 10.3. The van der Waals surface area contributed by atoms with E-state index in [1.165, 1.54) is 0 Å². The van der Waals surface area contributed by atoms with E-state index in [0.29, 0.717) is 25.4 Å². The Labute approximate surface area is 90.7 Å². The zero-order valence-corrected chi connectivity index (χ0v) is 9.93. The highest BCUT2D eigenvalue weighted by atomic mass is 32.2. The van der Waals surface area contributed by atoms with Crippen molar-refractivity contribution in [1.82, 2.24) is 10.0 Å². The molecule has 0 spiro atoms. The Morgan fingerprint density at radius 1 is 1.40 bits per heavy atom. The lowest BCUT2D eigenvalue weighted by molar-refractivity contribution is -0.119. The van der Waals surface area contributed by atoms with Crippen molar-refractivity contribution in [1.29, 1.82) is 0 Å². The molecule has 0 unspecified atom stereocenters. The quantitative estimate of drug-likeness (QED) is 0.677. The Bertz CT molecular complexity index is 320. The summed E-state index contributed by atoms with van der Waals surface area (Å²) in [4.78, 5) is 11.2. The highest BCUT2D eigenvalue weighted by molar-refractivity contribution is 7.90. The Balaban J connectivity index is 2.23. The van der Waals surface area contributed by atoms with Crippen LogP contribution in [0.15, 0.2) is 0 Å². The number of rotatable bonds is 6. The molecular weight excluding hydrogens is 216 g/mol. The van der Waals surface area contributed by atoms with E-state index < -0.39 is 15.9 Å². The Kier molecular flexibility index (Phi) is 4.10. The predicted molar refractivity (Wildman–Crippen MR) is 57.8 cm³/mol. The summed E-state index contributed by atoms with van der Waals surface area (Å²) in [6.07, 6.45) is 1.55. The summed E-state index contributed by atoms with van der Waals surface area (Å²) in [6.45, 7) is 4.45. The Hall–Kier alpha value is -0.620. The number of hydrogen-bond acceptors (Lipinski definition) is 4. The van der Waals surface area contributed by atoms with Gasteiger partial charge in [0, 0.05) is 19.0 Å². The van der Waals surface area contributed by atoms with Crippen LogP contribution in [-0.2, 0) is 14.8 Å². The van der Waals surface area contributed by atoms with E-state index in [1.807, 2.05) is 13.8 Å². The second-order valence-electron chi connectivity index (χ2n) is 4.13. The monoisotopic (exact) mass is 234 g/mol. The molecule has 88 valence electrons. The second kappa shape index (κ2) is 4.94. The summed E-state index contributed by atoms with van der Waals surface area (Å²) in [5.41, 5.74) is 0. The number of carbonyl (C=O) groups excluding carboxylic acids is 1. The molecule has 1 amide bonds. The first-order chi connectivity index (χ1) is 6.92. The van der Waals surface area contributed by atoms with Crippen LogP contribution in [0.1, 0.15) is 33.1 Å². The van der Waals surface area contributed by atoms with E-state index in [1.54, 1.807) is 0 Å². The van der Waals surface area contributed by atoms with Crippen LogP contribution in [0.4, 0.5) is 0 Å². The van der Waals surface area contributed by atoms with Gasteiger partial charge in [0.05, 0.1) is 5.25 Å². The van der Waals surface area contributed by atoms with Gasteiger partial charge in [-0.15, -0.1) is 0 Å². The molecule has 0 saturated heterocycles. The number of nitrogens with one attached hydrogen (secondary N) is 2. The molecule has 0 heterocycles. The van der Waals surface area contributed by atoms with Crippen LogP contribution in [0.25, 0.3) is 0 Å². The molecule has 0 aliphatic heterocycles. The van der Waals surface area contributed by atoms with Gasteiger partial charge in [-0.05, 0) is 12.8 Å². The molecule has 5 nitrogen and oxygen atoms in total. The third-order valence-corrected chi connectivity index (χ3v) is 3.99. The molecule has 1 saturated carbocycles. The minimum Gasteiger partial charge on any atom is -0.314 e. The number of carbonyl (C=O) groups is 1. The molecule has 1 rings (SSSR count). The van der Waals surface area contributed by atoms with Gasteiger partial charge in [0.15, 0.2) is 0 Å². The highest BCUT2D eigenvalue weighted by Gasteiger charge is 2.36. The first-order valence-corrected chi connectivity index (χ1v) is 6.74. The predicted octanol–water partition coefficient (Wildman–Crippen LogP) is -0.0171. The number of sulfonamides is 1. The molecule has 1 aliphatic rings. The van der Waals surface area contributed by atoms with Gasteiger partial charge < -0.3 is 5.32 Å². The number of amides is 1. The third kappa shape index (κ3) is 4.61. The normalized spacial score (nSPS) is 16.7. The summed E-state index contributed by atoms with van der Waals surface area (Å²) in [5, 5.41) is 2.72. The zero-order chi connectivity index (χ0) is 11.5. The van der Waals surface area contributed by atoms with Crippen molar-refractivity contribution < 1.29 is 13.2 Å². The third-order valence-electron chi connectivity index (χ3n) is 2.12. The minimum atomic E-state index is -3.36. The van der Waals surface area contributed by atoms with Crippen LogP contribution in [-0.4, -0.2) is 32.2 Å². The van der Waals surface area contributed by atoms with Gasteiger partial charge in [-0.25, -0.2) is 8.42 Å². The first kappa shape index (κ1) is 12.4. The highest BCUT2D eigenvalue weighted by Crippen LogP contribution is 2.27. The van der Waals surface area contributed by atoms with E-state index in [2.05, 4.69) is 10.0 Å². The van der Waals surface area contributed by atoms with Gasteiger partial charge >= 0.3 is 0 Å². The molecule has 1 fully saturated rings. The Morgan fingerprint density at radius 3 is 2.47 bits per heavy atom. The molecule has 15 heavy (non-hydrogen) atoms. The smallest absolute Gasteiger partial charge is 0.237 e. The lowest BCUT2D eigenvalue weighted by Gasteiger charge is -2.08. The summed E-state index contributed by atoms with van der Waals surface area (Å²) in [5.74, 6) is -0.421. The fourth-order valence-corrected chi connectivity index (χ4v) is 2.49. The maximum absolute atomic E-state index is 11.3. The summed E-state index contributed by atoms with van der Waals surface area (Å²) in [7, 11) is -3.36. The lowest BCUT2D eigenvalue weighted by Crippen LogP contribution is -2.35. The van der Waals surface area contributed by atoms with E-state index >= 15 is 0 Å². The van der Waals surface area contributed by atoms with Crippen LogP contribution in [0.5, 0.6) is 0 Å². The van der Waals surface area contributed by atoms with Crippen molar-refractivity contribution >= 4 is 15.9 Å². The van der Waals surface area contributed by atoms with Crippen molar-refractivity contribution in [3.05, 3.63) is 0 Å². The van der Waals surface area contributed by atoms with Crippen molar-refractivity contribution in [2.75, 3.05) is 6.54 Å². The largest absolute Gasteiger partial charge is 0.314 e. The molecule has 1 aliphatic carbocycles. The molecule has 2 N–H and O–H groups in total. The van der Waals surface area contributed by atoms with Crippen molar-refractivity contribution in [3.63, 3.8) is 0 Å². The summed E-state index contributed by atoms with van der Waals surface area (Å²) in [6, 6.07) is 0.304. The fourth-order valence-electron chi connectivity index (χ4n) is 1.15. The van der Waals surface area contributed by atoms with Crippen molar-refractivity contribution in [2.45, 2.75) is 44.4 Å².